The number of aliphatic hydroxyl groups is 1. The molecular weight excluding hydrogens is 336 g/mol. The molecule has 0 amide bonds. The first-order valence-corrected chi connectivity index (χ1v) is 8.09. The van der Waals surface area contributed by atoms with Gasteiger partial charge >= 0.3 is 5.97 Å². The molecule has 5 heteroatoms. The van der Waals surface area contributed by atoms with Gasteiger partial charge in [0, 0.05) is 16.5 Å². The number of ether oxygens (including phenoxy) is 2. The van der Waals surface area contributed by atoms with Gasteiger partial charge in [-0.15, -0.1) is 0 Å². The van der Waals surface area contributed by atoms with E-state index in [-0.39, 0.29) is 5.97 Å². The van der Waals surface area contributed by atoms with Gasteiger partial charge in [-0.2, -0.15) is 0 Å². The molecule has 0 saturated carbocycles. The lowest BCUT2D eigenvalue weighted by atomic mass is 10.1. The Hall–Kier alpha value is -1.07. The number of carbonyl (C=O) groups excluding carboxylic acids is 1. The number of aliphatic hydroxyl groups excluding tert-OH is 1. The van der Waals surface area contributed by atoms with Crippen molar-refractivity contribution in [2.75, 3.05) is 13.2 Å². The van der Waals surface area contributed by atoms with E-state index in [9.17, 15) is 9.90 Å². The van der Waals surface area contributed by atoms with E-state index in [2.05, 4.69) is 15.9 Å². The Bertz CT molecular complexity index is 446. The molecule has 0 bridgehead atoms. The van der Waals surface area contributed by atoms with Gasteiger partial charge in [-0.1, -0.05) is 15.9 Å². The Balaban J connectivity index is 2.28. The zero-order valence-electron chi connectivity index (χ0n) is 12.6. The fraction of sp³-hybridized carbons (Fsp3) is 0.562. The zero-order chi connectivity index (χ0) is 15.7. The second-order valence-electron chi connectivity index (χ2n) is 4.82. The van der Waals surface area contributed by atoms with Crippen LogP contribution < -0.4 is 4.74 Å². The van der Waals surface area contributed by atoms with Gasteiger partial charge in [0.1, 0.15) is 5.75 Å². The third kappa shape index (κ3) is 6.96. The van der Waals surface area contributed by atoms with Crippen molar-refractivity contribution in [1.29, 1.82) is 0 Å². The van der Waals surface area contributed by atoms with Crippen LogP contribution in [0.4, 0.5) is 0 Å². The van der Waals surface area contributed by atoms with Gasteiger partial charge in [0.15, 0.2) is 0 Å². The predicted molar refractivity (Wildman–Crippen MR) is 85.4 cm³/mol. The number of benzene rings is 1. The molecule has 118 valence electrons. The highest BCUT2D eigenvalue weighted by Gasteiger charge is 2.09. The zero-order valence-corrected chi connectivity index (χ0v) is 14.2. The SMILES string of the molecule is CCOC(=O)CCCCCOc1ccc(Br)cc1[C@@H](C)O. The standard InChI is InChI=1S/C16H23BrO4/c1-3-20-16(19)7-5-4-6-10-21-15-9-8-13(17)11-14(15)12(2)18/h8-9,11-12,18H,3-7,10H2,1-2H3/t12-/m1/s1. The quantitative estimate of drug-likeness (QED) is 0.535. The Labute approximate surface area is 134 Å². The first-order chi connectivity index (χ1) is 10.0. The summed E-state index contributed by atoms with van der Waals surface area (Å²) in [4.78, 5) is 11.2. The fourth-order valence-electron chi connectivity index (χ4n) is 1.94. The highest BCUT2D eigenvalue weighted by molar-refractivity contribution is 9.10. The molecule has 0 spiro atoms. The van der Waals surface area contributed by atoms with Crippen molar-refractivity contribution >= 4 is 21.9 Å². The number of rotatable bonds is 9. The lowest BCUT2D eigenvalue weighted by Gasteiger charge is -2.13. The maximum atomic E-state index is 11.2. The molecule has 0 unspecified atom stereocenters. The van der Waals surface area contributed by atoms with Crippen LogP contribution in [0.1, 0.15) is 51.2 Å². The van der Waals surface area contributed by atoms with Crippen LogP contribution in [-0.2, 0) is 9.53 Å². The van der Waals surface area contributed by atoms with Crippen molar-refractivity contribution in [3.05, 3.63) is 28.2 Å². The molecule has 0 heterocycles. The summed E-state index contributed by atoms with van der Waals surface area (Å²) in [5.41, 5.74) is 0.774. The highest BCUT2D eigenvalue weighted by atomic mass is 79.9. The van der Waals surface area contributed by atoms with Gasteiger partial charge in [-0.3, -0.25) is 4.79 Å². The minimum Gasteiger partial charge on any atom is -0.493 e. The van der Waals surface area contributed by atoms with Crippen molar-refractivity contribution in [3.63, 3.8) is 0 Å². The summed E-state index contributed by atoms with van der Waals surface area (Å²) in [7, 11) is 0. The minimum absolute atomic E-state index is 0.136. The third-order valence-corrected chi connectivity index (χ3v) is 3.50. The highest BCUT2D eigenvalue weighted by Crippen LogP contribution is 2.28. The van der Waals surface area contributed by atoms with Gasteiger partial charge in [-0.25, -0.2) is 0 Å². The average molecular weight is 359 g/mol. The number of hydrogen-bond acceptors (Lipinski definition) is 4. The summed E-state index contributed by atoms with van der Waals surface area (Å²) in [5, 5.41) is 9.73. The molecule has 0 saturated heterocycles. The third-order valence-electron chi connectivity index (χ3n) is 3.01. The molecule has 0 aliphatic carbocycles. The average Bonchev–Trinajstić information content (AvgIpc) is 2.44. The van der Waals surface area contributed by atoms with Crippen LogP contribution in [0.15, 0.2) is 22.7 Å². The molecule has 0 fully saturated rings. The Morgan fingerprint density at radius 3 is 2.76 bits per heavy atom. The van der Waals surface area contributed by atoms with E-state index in [0.29, 0.717) is 25.4 Å². The van der Waals surface area contributed by atoms with Crippen LogP contribution in [0.2, 0.25) is 0 Å². The summed E-state index contributed by atoms with van der Waals surface area (Å²) < 4.78 is 11.5. The van der Waals surface area contributed by atoms with E-state index in [0.717, 1.165) is 29.3 Å². The smallest absolute Gasteiger partial charge is 0.305 e. The molecule has 21 heavy (non-hydrogen) atoms. The van der Waals surface area contributed by atoms with Gasteiger partial charge in [0.25, 0.3) is 0 Å². The molecule has 1 rings (SSSR count). The van der Waals surface area contributed by atoms with Crippen LogP contribution in [0.25, 0.3) is 0 Å². The topological polar surface area (TPSA) is 55.8 Å². The van der Waals surface area contributed by atoms with E-state index in [1.54, 1.807) is 6.92 Å². The van der Waals surface area contributed by atoms with Gasteiger partial charge in [0.05, 0.1) is 19.3 Å². The predicted octanol–water partition coefficient (Wildman–Crippen LogP) is 4.00. The van der Waals surface area contributed by atoms with Crippen molar-refractivity contribution < 1.29 is 19.4 Å². The number of carbonyl (C=O) groups is 1. The summed E-state index contributed by atoms with van der Waals surface area (Å²) in [6, 6.07) is 5.60. The molecule has 0 aliphatic heterocycles. The first-order valence-electron chi connectivity index (χ1n) is 7.30. The number of hydrogen-bond donors (Lipinski definition) is 1. The second kappa shape index (κ2) is 9.79. The van der Waals surface area contributed by atoms with E-state index >= 15 is 0 Å². The Morgan fingerprint density at radius 1 is 1.33 bits per heavy atom. The van der Waals surface area contributed by atoms with Crippen molar-refractivity contribution in [2.24, 2.45) is 0 Å². The molecule has 0 radical (unpaired) electrons. The van der Waals surface area contributed by atoms with Crippen LogP contribution in [0.5, 0.6) is 5.75 Å². The van der Waals surface area contributed by atoms with Crippen molar-refractivity contribution in [3.8, 4) is 5.75 Å². The van der Waals surface area contributed by atoms with E-state index in [1.165, 1.54) is 0 Å². The molecule has 4 nitrogen and oxygen atoms in total. The largest absolute Gasteiger partial charge is 0.493 e. The maximum absolute atomic E-state index is 11.2. The van der Waals surface area contributed by atoms with Crippen LogP contribution >= 0.6 is 15.9 Å². The normalized spacial score (nSPS) is 12.0. The maximum Gasteiger partial charge on any atom is 0.305 e. The molecule has 1 aromatic rings. The Kier molecular flexibility index (Phi) is 8.38. The molecule has 0 aliphatic rings. The van der Waals surface area contributed by atoms with E-state index < -0.39 is 6.10 Å². The molecule has 1 atom stereocenters. The van der Waals surface area contributed by atoms with Crippen molar-refractivity contribution in [1.82, 2.24) is 0 Å². The van der Waals surface area contributed by atoms with Crippen LogP contribution in [0.3, 0.4) is 0 Å². The number of halogens is 1. The minimum atomic E-state index is -0.568. The fourth-order valence-corrected chi connectivity index (χ4v) is 2.32. The van der Waals surface area contributed by atoms with Gasteiger partial charge in [-0.05, 0) is 51.3 Å². The summed E-state index contributed by atoms with van der Waals surface area (Å²) in [6.07, 6.45) is 2.49. The molecular formula is C16H23BrO4. The summed E-state index contributed by atoms with van der Waals surface area (Å²) >= 11 is 3.38. The summed E-state index contributed by atoms with van der Waals surface area (Å²) in [6.45, 7) is 4.54. The Morgan fingerprint density at radius 2 is 2.10 bits per heavy atom. The summed E-state index contributed by atoms with van der Waals surface area (Å²) in [5.74, 6) is 0.571. The molecule has 1 N–H and O–H groups in total. The van der Waals surface area contributed by atoms with E-state index in [1.807, 2.05) is 25.1 Å². The van der Waals surface area contributed by atoms with Crippen molar-refractivity contribution in [2.45, 2.75) is 45.6 Å². The second-order valence-corrected chi connectivity index (χ2v) is 5.74. The lowest BCUT2D eigenvalue weighted by molar-refractivity contribution is -0.143. The molecule has 0 aromatic heterocycles. The van der Waals surface area contributed by atoms with E-state index in [4.69, 9.17) is 9.47 Å². The molecule has 1 aromatic carbocycles. The monoisotopic (exact) mass is 358 g/mol. The van der Waals surface area contributed by atoms with Crippen LogP contribution in [-0.4, -0.2) is 24.3 Å². The van der Waals surface area contributed by atoms with Gasteiger partial charge in [0.2, 0.25) is 0 Å². The van der Waals surface area contributed by atoms with Gasteiger partial charge < -0.3 is 14.6 Å². The first kappa shape index (κ1) is 18.0. The lowest BCUT2D eigenvalue weighted by Crippen LogP contribution is -2.05. The number of unbranched alkanes of at least 4 members (excludes halogenated alkanes) is 2. The van der Waals surface area contributed by atoms with Crippen LogP contribution in [0, 0.1) is 0 Å². The number of esters is 1.